The Morgan fingerprint density at radius 1 is 1.00 bits per heavy atom. The van der Waals surface area contributed by atoms with Crippen molar-refractivity contribution in [3.8, 4) is 0 Å². The first kappa shape index (κ1) is 10.8. The molecule has 0 spiro atoms. The molecule has 90 valence electrons. The molecule has 3 rings (SSSR count). The molecule has 3 saturated carbocycles. The molecule has 0 aromatic heterocycles. The maximum atomic E-state index is 11.4. The van der Waals surface area contributed by atoms with Crippen molar-refractivity contribution in [2.45, 2.75) is 63.4 Å². The van der Waals surface area contributed by atoms with Crippen LogP contribution >= 0.6 is 0 Å². The molecule has 16 heavy (non-hydrogen) atoms. The third kappa shape index (κ3) is 1.71. The summed E-state index contributed by atoms with van der Waals surface area (Å²) >= 11 is 0. The molecule has 0 saturated heterocycles. The van der Waals surface area contributed by atoms with Crippen LogP contribution in [0.3, 0.4) is 0 Å². The zero-order chi connectivity index (χ0) is 11.2. The zero-order valence-corrected chi connectivity index (χ0v) is 9.95. The number of hydrogen-bond donors (Lipinski definition) is 1. The molecule has 1 N–H and O–H groups in total. The van der Waals surface area contributed by atoms with E-state index in [-0.39, 0.29) is 0 Å². The maximum Gasteiger partial charge on any atom is 0.133 e. The lowest BCUT2D eigenvalue weighted by molar-refractivity contribution is -0.118. The molecule has 0 heterocycles. The molecule has 0 radical (unpaired) electrons. The van der Waals surface area contributed by atoms with Gasteiger partial charge in [-0.25, -0.2) is 0 Å². The number of fused-ring (bicyclic) bond motifs is 1. The summed E-state index contributed by atoms with van der Waals surface area (Å²) in [5.74, 6) is 1.99. The van der Waals surface area contributed by atoms with Gasteiger partial charge in [0.1, 0.15) is 5.78 Å². The lowest BCUT2D eigenvalue weighted by atomic mass is 9.75. The van der Waals surface area contributed by atoms with Crippen molar-refractivity contribution in [1.82, 2.24) is 0 Å². The standard InChI is InChI=1S/C14H22O2/c15-13-6-10-8-14(16,9-11(10)7-13)12-4-2-1-3-5-12/h10-12,16H,1-9H2/t10-,11+,14?. The summed E-state index contributed by atoms with van der Waals surface area (Å²) in [4.78, 5) is 11.4. The zero-order valence-electron chi connectivity index (χ0n) is 9.95. The highest BCUT2D eigenvalue weighted by atomic mass is 16.3. The van der Waals surface area contributed by atoms with Crippen LogP contribution in [0.1, 0.15) is 57.8 Å². The van der Waals surface area contributed by atoms with Gasteiger partial charge in [-0.3, -0.25) is 4.79 Å². The smallest absolute Gasteiger partial charge is 0.133 e. The van der Waals surface area contributed by atoms with Gasteiger partial charge in [0.2, 0.25) is 0 Å². The molecular weight excluding hydrogens is 200 g/mol. The highest BCUT2D eigenvalue weighted by Crippen LogP contribution is 2.52. The SMILES string of the molecule is O=C1C[C@@H]2CC(O)(C3CCCCC3)C[C@@H]2C1. The maximum absolute atomic E-state index is 11.4. The molecule has 2 nitrogen and oxygen atoms in total. The lowest BCUT2D eigenvalue weighted by Crippen LogP contribution is -2.37. The van der Waals surface area contributed by atoms with Crippen LogP contribution in [0.15, 0.2) is 0 Å². The number of aliphatic hydroxyl groups is 1. The molecule has 0 bridgehead atoms. The van der Waals surface area contributed by atoms with Crippen LogP contribution in [0.4, 0.5) is 0 Å². The molecule has 1 unspecified atom stereocenters. The Morgan fingerprint density at radius 3 is 2.12 bits per heavy atom. The van der Waals surface area contributed by atoms with E-state index in [0.717, 1.165) is 25.7 Å². The second-order valence-corrected chi connectivity index (χ2v) is 6.31. The second-order valence-electron chi connectivity index (χ2n) is 6.31. The van der Waals surface area contributed by atoms with Crippen molar-refractivity contribution in [3.63, 3.8) is 0 Å². The predicted molar refractivity (Wildman–Crippen MR) is 62.0 cm³/mol. The molecule has 0 amide bonds. The average molecular weight is 222 g/mol. The summed E-state index contributed by atoms with van der Waals surface area (Å²) in [5.41, 5.74) is -0.406. The number of Topliss-reactive ketones (excluding diaryl/α,β-unsaturated/α-hetero) is 1. The minimum atomic E-state index is -0.406. The van der Waals surface area contributed by atoms with Crippen LogP contribution in [-0.2, 0) is 4.79 Å². The fourth-order valence-electron chi connectivity index (χ4n) is 4.44. The van der Waals surface area contributed by atoms with Crippen LogP contribution in [0.25, 0.3) is 0 Å². The Kier molecular flexibility index (Phi) is 2.58. The van der Waals surface area contributed by atoms with E-state index in [1.54, 1.807) is 0 Å². The molecule has 3 aliphatic carbocycles. The van der Waals surface area contributed by atoms with Gasteiger partial charge < -0.3 is 5.11 Å². The molecule has 3 atom stereocenters. The van der Waals surface area contributed by atoms with Crippen LogP contribution < -0.4 is 0 Å². The highest BCUT2D eigenvalue weighted by Gasteiger charge is 2.51. The topological polar surface area (TPSA) is 37.3 Å². The average Bonchev–Trinajstić information content (AvgIpc) is 2.73. The number of rotatable bonds is 1. The van der Waals surface area contributed by atoms with Crippen LogP contribution in [0, 0.1) is 17.8 Å². The summed E-state index contributed by atoms with van der Waals surface area (Å²) in [5, 5.41) is 10.8. The number of hydrogen-bond acceptors (Lipinski definition) is 2. The highest BCUT2D eigenvalue weighted by molar-refractivity contribution is 5.81. The van der Waals surface area contributed by atoms with Gasteiger partial charge in [0.05, 0.1) is 5.60 Å². The monoisotopic (exact) mass is 222 g/mol. The van der Waals surface area contributed by atoms with Crippen LogP contribution in [-0.4, -0.2) is 16.5 Å². The summed E-state index contributed by atoms with van der Waals surface area (Å²) < 4.78 is 0. The third-order valence-corrected chi connectivity index (χ3v) is 5.24. The Labute approximate surface area is 97.4 Å². The van der Waals surface area contributed by atoms with Gasteiger partial charge >= 0.3 is 0 Å². The Hall–Kier alpha value is -0.370. The molecule has 0 aromatic rings. The van der Waals surface area contributed by atoms with Gasteiger partial charge in [-0.05, 0) is 43.4 Å². The summed E-state index contributed by atoms with van der Waals surface area (Å²) in [6.45, 7) is 0. The number of carbonyl (C=O) groups is 1. The number of ketones is 1. The van der Waals surface area contributed by atoms with Crippen molar-refractivity contribution in [1.29, 1.82) is 0 Å². The van der Waals surface area contributed by atoms with Gasteiger partial charge in [0.25, 0.3) is 0 Å². The first-order chi connectivity index (χ1) is 7.67. The quantitative estimate of drug-likeness (QED) is 0.740. The Morgan fingerprint density at radius 2 is 1.56 bits per heavy atom. The van der Waals surface area contributed by atoms with Crippen molar-refractivity contribution in [2.24, 2.45) is 17.8 Å². The third-order valence-electron chi connectivity index (χ3n) is 5.24. The lowest BCUT2D eigenvalue weighted by Gasteiger charge is -2.36. The van der Waals surface area contributed by atoms with Crippen molar-refractivity contribution in [3.05, 3.63) is 0 Å². The first-order valence-electron chi connectivity index (χ1n) is 6.91. The second kappa shape index (κ2) is 3.83. The molecule has 0 aromatic carbocycles. The Bertz CT molecular complexity index is 275. The molecule has 3 aliphatic rings. The van der Waals surface area contributed by atoms with Crippen molar-refractivity contribution < 1.29 is 9.90 Å². The van der Waals surface area contributed by atoms with Gasteiger partial charge in [-0.1, -0.05) is 19.3 Å². The van der Waals surface area contributed by atoms with E-state index in [0.29, 0.717) is 23.5 Å². The fourth-order valence-corrected chi connectivity index (χ4v) is 4.44. The van der Waals surface area contributed by atoms with Crippen LogP contribution in [0.5, 0.6) is 0 Å². The van der Waals surface area contributed by atoms with Crippen molar-refractivity contribution in [2.75, 3.05) is 0 Å². The molecule has 2 heteroatoms. The van der Waals surface area contributed by atoms with E-state index in [1.165, 1.54) is 32.1 Å². The van der Waals surface area contributed by atoms with E-state index in [9.17, 15) is 9.90 Å². The Balaban J connectivity index is 1.69. The number of carbonyl (C=O) groups excluding carboxylic acids is 1. The van der Waals surface area contributed by atoms with E-state index in [2.05, 4.69) is 0 Å². The van der Waals surface area contributed by atoms with E-state index in [4.69, 9.17) is 0 Å². The van der Waals surface area contributed by atoms with Gasteiger partial charge in [0, 0.05) is 12.8 Å². The van der Waals surface area contributed by atoms with E-state index in [1.807, 2.05) is 0 Å². The van der Waals surface area contributed by atoms with Gasteiger partial charge in [0.15, 0.2) is 0 Å². The normalized spacial score (nSPS) is 44.9. The van der Waals surface area contributed by atoms with Gasteiger partial charge in [-0.15, -0.1) is 0 Å². The summed E-state index contributed by atoms with van der Waals surface area (Å²) in [6.07, 6.45) is 9.68. The van der Waals surface area contributed by atoms with E-state index < -0.39 is 5.60 Å². The minimum absolute atomic E-state index is 0.406. The van der Waals surface area contributed by atoms with Gasteiger partial charge in [-0.2, -0.15) is 0 Å². The largest absolute Gasteiger partial charge is 0.390 e. The molecular formula is C14H22O2. The molecule has 3 fully saturated rings. The minimum Gasteiger partial charge on any atom is -0.390 e. The fraction of sp³-hybridized carbons (Fsp3) is 0.929. The first-order valence-corrected chi connectivity index (χ1v) is 6.91. The summed E-state index contributed by atoms with van der Waals surface area (Å²) in [7, 11) is 0. The van der Waals surface area contributed by atoms with Crippen molar-refractivity contribution >= 4 is 5.78 Å². The molecule has 0 aliphatic heterocycles. The predicted octanol–water partition coefficient (Wildman–Crippen LogP) is 2.69. The summed E-state index contributed by atoms with van der Waals surface area (Å²) in [6, 6.07) is 0. The van der Waals surface area contributed by atoms with E-state index >= 15 is 0 Å². The van der Waals surface area contributed by atoms with Crippen LogP contribution in [0.2, 0.25) is 0 Å².